The van der Waals surface area contributed by atoms with Crippen molar-refractivity contribution >= 4 is 18.6 Å². The van der Waals surface area contributed by atoms with Gasteiger partial charge in [-0.3, -0.25) is 0 Å². The molecule has 0 unspecified atom stereocenters. The number of piperidine rings is 1. The molecule has 0 saturated carbocycles. The Labute approximate surface area is 109 Å². The van der Waals surface area contributed by atoms with Gasteiger partial charge in [0, 0.05) is 0 Å². The number of likely N-dealkylation sites (tertiary alicyclic amines) is 1. The molecule has 86 valence electrons. The molecule has 3 heteroatoms. The topological polar surface area (TPSA) is 3.24 Å². The Hall–Kier alpha value is 1.42. The van der Waals surface area contributed by atoms with Crippen LogP contribution in [0, 0.1) is 0 Å². The van der Waals surface area contributed by atoms with E-state index in [4.69, 9.17) is 0 Å². The molecule has 1 aliphatic heterocycles. The molecule has 14 heavy (non-hydrogen) atoms. The van der Waals surface area contributed by atoms with E-state index in [0.717, 1.165) is 0 Å². The Balaban J connectivity index is 2.97. The van der Waals surface area contributed by atoms with E-state index in [1.54, 1.807) is 0 Å². The van der Waals surface area contributed by atoms with Crippen molar-refractivity contribution in [2.45, 2.75) is 62.0 Å². The molecule has 0 atom stereocenters. The molecule has 1 saturated heterocycles. The van der Waals surface area contributed by atoms with Crippen molar-refractivity contribution in [3.63, 3.8) is 0 Å². The van der Waals surface area contributed by atoms with Crippen LogP contribution in [0.15, 0.2) is 0 Å². The van der Waals surface area contributed by atoms with E-state index in [0.29, 0.717) is 31.7 Å². The number of hydrogen-bond donors (Lipinski definition) is 0. The van der Waals surface area contributed by atoms with Crippen molar-refractivity contribution in [3.05, 3.63) is 0 Å². The van der Waals surface area contributed by atoms with Gasteiger partial charge in [-0.2, -0.15) is 0 Å². The molecule has 0 aromatic rings. The van der Waals surface area contributed by atoms with Gasteiger partial charge in [-0.25, -0.2) is 0 Å². The molecule has 0 amide bonds. The van der Waals surface area contributed by atoms with E-state index in [1.165, 1.54) is 12.8 Å². The number of halogens is 2. The van der Waals surface area contributed by atoms with Crippen LogP contribution in [0.2, 0.25) is 0 Å². The maximum atomic E-state index is 2.66. The van der Waals surface area contributed by atoms with Gasteiger partial charge in [-0.05, 0) is 0 Å². The van der Waals surface area contributed by atoms with Crippen LogP contribution in [0.25, 0.3) is 0 Å². The summed E-state index contributed by atoms with van der Waals surface area (Å²) in [6.45, 7) is 12.1. The Morgan fingerprint density at radius 3 is 1.64 bits per heavy atom. The Kier molecular flexibility index (Phi) is 3.87. The Bertz CT molecular complexity index is 200. The van der Waals surface area contributed by atoms with E-state index in [9.17, 15) is 0 Å². The molecule has 0 aromatic carbocycles. The first kappa shape index (κ1) is 13.5. The van der Waals surface area contributed by atoms with Crippen LogP contribution in [0.1, 0.15) is 47.5 Å². The maximum absolute atomic E-state index is 2.66. The summed E-state index contributed by atoms with van der Waals surface area (Å²) in [7, 11) is 2.28. The zero-order valence-electron chi connectivity index (χ0n) is 10.1. The van der Waals surface area contributed by atoms with Gasteiger partial charge in [0.25, 0.3) is 0 Å². The van der Waals surface area contributed by atoms with Gasteiger partial charge in [-0.1, -0.05) is 0 Å². The molecule has 1 rings (SSSR count). The average molecular weight is 422 g/mol. The van der Waals surface area contributed by atoms with E-state index >= 15 is 0 Å². The third kappa shape index (κ3) is 2.56. The number of alkyl halides is 1. The summed E-state index contributed by atoms with van der Waals surface area (Å²) in [6.07, 6.45) is 2.71. The molecule has 0 aliphatic carbocycles. The molecular weight excluding hydrogens is 400 g/mol. The molecule has 1 heterocycles. The van der Waals surface area contributed by atoms with Crippen LogP contribution in [-0.4, -0.2) is 26.4 Å². The predicted molar refractivity (Wildman–Crippen MR) is 67.6 cm³/mol. The Morgan fingerprint density at radius 2 is 1.36 bits per heavy atom. The van der Waals surface area contributed by atoms with Gasteiger partial charge >= 0.3 is 110 Å². The van der Waals surface area contributed by atoms with Crippen molar-refractivity contribution in [2.75, 3.05) is 7.05 Å². The van der Waals surface area contributed by atoms with Gasteiger partial charge < -0.3 is 0 Å². The van der Waals surface area contributed by atoms with Crippen LogP contribution in [-0.2, 0) is 0 Å². The number of nitrogens with zero attached hydrogens (tertiary/aromatic N) is 1. The summed E-state index contributed by atoms with van der Waals surface area (Å²) in [5, 5.41) is 0. The van der Waals surface area contributed by atoms with E-state index in [1.807, 2.05) is 0 Å². The van der Waals surface area contributed by atoms with E-state index in [-0.39, 0.29) is 0 Å². The molecule has 1 fully saturated rings. The standard InChI is InChI=1S/C11H22I2N/c1-9(2)7-11(5,13-12)8-10(3,4)14(9)6/h7-8H2,1-6H3/q-1. The summed E-state index contributed by atoms with van der Waals surface area (Å²) < 4.78 is 0.624. The third-order valence-corrected chi connectivity index (χ3v) is 11.9. The zero-order chi connectivity index (χ0) is 11.2. The summed E-state index contributed by atoms with van der Waals surface area (Å²) in [5.41, 5.74) is 0.725. The van der Waals surface area contributed by atoms with Crippen molar-refractivity contribution in [3.8, 4) is 0 Å². The van der Waals surface area contributed by atoms with Crippen LogP contribution < -0.4 is 17.2 Å². The van der Waals surface area contributed by atoms with Gasteiger partial charge in [0.1, 0.15) is 0 Å². The first-order valence-electron chi connectivity index (χ1n) is 5.14. The van der Waals surface area contributed by atoms with E-state index < -0.39 is 0 Å². The van der Waals surface area contributed by atoms with Crippen molar-refractivity contribution < 1.29 is 17.2 Å². The number of hydrogen-bond acceptors (Lipinski definition) is 1. The number of rotatable bonds is 1. The minimum absolute atomic E-state index is 0.307. The molecular formula is C11H22I2N-. The second-order valence-corrected chi connectivity index (χ2v) is 11.8. The molecule has 0 aromatic heterocycles. The molecule has 0 N–H and O–H groups in total. The normalized spacial score (nSPS) is 30.5. The predicted octanol–water partition coefficient (Wildman–Crippen LogP) is 0.467. The van der Waals surface area contributed by atoms with Gasteiger partial charge in [0.15, 0.2) is 0 Å². The average Bonchev–Trinajstić information content (AvgIpc) is 1.99. The van der Waals surface area contributed by atoms with Gasteiger partial charge in [0.05, 0.1) is 0 Å². The fraction of sp³-hybridized carbons (Fsp3) is 1.00. The Morgan fingerprint density at radius 1 is 1.00 bits per heavy atom. The second-order valence-electron chi connectivity index (χ2n) is 6.02. The first-order chi connectivity index (χ1) is 6.13. The zero-order valence-corrected chi connectivity index (χ0v) is 14.4. The van der Waals surface area contributed by atoms with Crippen LogP contribution in [0.4, 0.5) is 0 Å². The van der Waals surface area contributed by atoms with Crippen LogP contribution in [0.3, 0.4) is 0 Å². The fourth-order valence-corrected chi connectivity index (χ4v) is 7.06. The summed E-state index contributed by atoms with van der Waals surface area (Å²) in [5.74, 6) is 0. The third-order valence-electron chi connectivity index (χ3n) is 3.59. The van der Waals surface area contributed by atoms with Crippen LogP contribution in [0.5, 0.6) is 0 Å². The van der Waals surface area contributed by atoms with Crippen molar-refractivity contribution in [1.29, 1.82) is 0 Å². The monoisotopic (exact) mass is 422 g/mol. The molecule has 1 aliphatic rings. The fourth-order valence-electron chi connectivity index (χ4n) is 2.97. The first-order valence-corrected chi connectivity index (χ1v) is 12.5. The summed E-state index contributed by atoms with van der Waals surface area (Å²) in [4.78, 5) is 2.57. The van der Waals surface area contributed by atoms with E-state index in [2.05, 4.69) is 65.2 Å². The van der Waals surface area contributed by atoms with Crippen molar-refractivity contribution in [1.82, 2.24) is 4.90 Å². The van der Waals surface area contributed by atoms with Gasteiger partial charge in [-0.15, -0.1) is 0 Å². The van der Waals surface area contributed by atoms with Gasteiger partial charge in [0.2, 0.25) is 0 Å². The molecule has 1 nitrogen and oxygen atoms in total. The SMILES string of the molecule is CN1C(C)(C)CC(C)([I-]I)CC1(C)C. The molecule has 0 bridgehead atoms. The van der Waals surface area contributed by atoms with Crippen LogP contribution >= 0.6 is 18.6 Å². The molecule has 0 spiro atoms. The summed E-state index contributed by atoms with van der Waals surface area (Å²) >= 11 is 2.96. The van der Waals surface area contributed by atoms with Crippen molar-refractivity contribution in [2.24, 2.45) is 0 Å². The second kappa shape index (κ2) is 4.02. The quantitative estimate of drug-likeness (QED) is 0.439. The summed E-state index contributed by atoms with van der Waals surface area (Å²) in [6, 6.07) is 0. The minimum atomic E-state index is 0.307. The molecule has 0 radical (unpaired) electrons.